The SMILES string of the molecule is CCCCNC(=O)[C@H](Cc1ccccc1)N(Cc1cccc(Br)c1)C(=O)CCc1ccc(OC)c(OC)c1. The number of carbonyl (C=O) groups excluding carboxylic acids is 2. The van der Waals surface area contributed by atoms with E-state index in [1.807, 2.05) is 72.8 Å². The van der Waals surface area contributed by atoms with Crippen LogP contribution in [0.1, 0.15) is 42.9 Å². The minimum absolute atomic E-state index is 0.0775. The molecule has 1 atom stereocenters. The summed E-state index contributed by atoms with van der Waals surface area (Å²) in [4.78, 5) is 29.1. The third-order valence-electron chi connectivity index (χ3n) is 6.42. The zero-order chi connectivity index (χ0) is 27.3. The number of benzene rings is 3. The Kier molecular flexibility index (Phi) is 11.7. The van der Waals surface area contributed by atoms with Gasteiger partial charge in [0.15, 0.2) is 11.5 Å². The number of amides is 2. The number of hydrogen-bond donors (Lipinski definition) is 1. The van der Waals surface area contributed by atoms with E-state index in [0.717, 1.165) is 34.0 Å². The van der Waals surface area contributed by atoms with Crippen molar-refractivity contribution in [2.24, 2.45) is 0 Å². The first-order valence-electron chi connectivity index (χ1n) is 13.0. The average molecular weight is 582 g/mol. The Hall–Kier alpha value is -3.32. The van der Waals surface area contributed by atoms with Gasteiger partial charge in [-0.15, -0.1) is 0 Å². The second-order valence-electron chi connectivity index (χ2n) is 9.19. The van der Waals surface area contributed by atoms with E-state index < -0.39 is 6.04 Å². The van der Waals surface area contributed by atoms with E-state index in [1.165, 1.54) is 0 Å². The molecular formula is C31H37BrN2O4. The number of carbonyl (C=O) groups is 2. The molecule has 0 aliphatic heterocycles. The van der Waals surface area contributed by atoms with Gasteiger partial charge in [0.05, 0.1) is 14.2 Å². The molecule has 3 aromatic rings. The molecule has 0 bridgehead atoms. The third kappa shape index (κ3) is 8.62. The Morgan fingerprint density at radius 3 is 2.32 bits per heavy atom. The summed E-state index contributed by atoms with van der Waals surface area (Å²) in [5.41, 5.74) is 2.93. The summed E-state index contributed by atoms with van der Waals surface area (Å²) in [7, 11) is 3.19. The Labute approximate surface area is 234 Å². The van der Waals surface area contributed by atoms with Crippen molar-refractivity contribution in [1.82, 2.24) is 10.2 Å². The van der Waals surface area contributed by atoms with Crippen LogP contribution in [-0.4, -0.2) is 43.5 Å². The van der Waals surface area contributed by atoms with Gasteiger partial charge in [-0.2, -0.15) is 0 Å². The Balaban J connectivity index is 1.89. The van der Waals surface area contributed by atoms with Crippen molar-refractivity contribution in [1.29, 1.82) is 0 Å². The van der Waals surface area contributed by atoms with Gasteiger partial charge in [-0.25, -0.2) is 0 Å². The standard InChI is InChI=1S/C31H37BrN2O4/c1-4-5-18-33-31(36)27(20-23-10-7-6-8-11-23)34(22-25-12-9-13-26(32)19-25)30(35)17-15-24-14-16-28(37-2)29(21-24)38-3/h6-14,16,19,21,27H,4-5,15,17-18,20,22H2,1-3H3,(H,33,36)/t27-/m0/s1. The minimum Gasteiger partial charge on any atom is -0.493 e. The number of rotatable bonds is 14. The molecule has 2 amide bonds. The Morgan fingerprint density at radius 1 is 0.895 bits per heavy atom. The second kappa shape index (κ2) is 15.2. The predicted octanol–water partition coefficient (Wildman–Crippen LogP) is 5.96. The number of methoxy groups -OCH3 is 2. The zero-order valence-corrected chi connectivity index (χ0v) is 24.0. The number of ether oxygens (including phenoxy) is 2. The molecule has 0 saturated heterocycles. The molecule has 0 fully saturated rings. The lowest BCUT2D eigenvalue weighted by molar-refractivity contribution is -0.141. The maximum atomic E-state index is 13.8. The quantitative estimate of drug-likeness (QED) is 0.239. The molecule has 0 radical (unpaired) electrons. The lowest BCUT2D eigenvalue weighted by atomic mass is 10.0. The van der Waals surface area contributed by atoms with Gasteiger partial charge >= 0.3 is 0 Å². The summed E-state index contributed by atoms with van der Waals surface area (Å²) in [6.07, 6.45) is 3.09. The zero-order valence-electron chi connectivity index (χ0n) is 22.4. The van der Waals surface area contributed by atoms with E-state index >= 15 is 0 Å². The molecule has 0 spiro atoms. The predicted molar refractivity (Wildman–Crippen MR) is 154 cm³/mol. The maximum Gasteiger partial charge on any atom is 0.243 e. The van der Waals surface area contributed by atoms with Gasteiger partial charge in [-0.1, -0.05) is 77.8 Å². The highest BCUT2D eigenvalue weighted by atomic mass is 79.9. The summed E-state index contributed by atoms with van der Waals surface area (Å²) in [6, 6.07) is 22.8. The highest BCUT2D eigenvalue weighted by Gasteiger charge is 2.30. The van der Waals surface area contributed by atoms with Crippen molar-refractivity contribution >= 4 is 27.7 Å². The fourth-order valence-corrected chi connectivity index (χ4v) is 4.77. The second-order valence-corrected chi connectivity index (χ2v) is 10.1. The summed E-state index contributed by atoms with van der Waals surface area (Å²) < 4.78 is 11.7. The largest absolute Gasteiger partial charge is 0.493 e. The first-order chi connectivity index (χ1) is 18.4. The van der Waals surface area contributed by atoms with Crippen molar-refractivity contribution in [3.8, 4) is 11.5 Å². The molecular weight excluding hydrogens is 544 g/mol. The lowest BCUT2D eigenvalue weighted by Crippen LogP contribution is -2.50. The highest BCUT2D eigenvalue weighted by molar-refractivity contribution is 9.10. The fraction of sp³-hybridized carbons (Fsp3) is 0.355. The van der Waals surface area contributed by atoms with Crippen LogP contribution in [0.2, 0.25) is 0 Å². The number of halogens is 1. The van der Waals surface area contributed by atoms with Gasteiger partial charge in [-0.05, 0) is 53.8 Å². The van der Waals surface area contributed by atoms with Crippen LogP contribution < -0.4 is 14.8 Å². The van der Waals surface area contributed by atoms with Crippen molar-refractivity contribution in [2.45, 2.75) is 51.6 Å². The van der Waals surface area contributed by atoms with Crippen LogP contribution in [0, 0.1) is 0 Å². The van der Waals surface area contributed by atoms with Crippen molar-refractivity contribution in [3.05, 3.63) is 94.0 Å². The van der Waals surface area contributed by atoms with Crippen LogP contribution in [0.25, 0.3) is 0 Å². The summed E-state index contributed by atoms with van der Waals surface area (Å²) in [5, 5.41) is 3.07. The number of hydrogen-bond acceptors (Lipinski definition) is 4. The molecule has 7 heteroatoms. The molecule has 0 aliphatic carbocycles. The van der Waals surface area contributed by atoms with E-state index in [-0.39, 0.29) is 18.2 Å². The fourth-order valence-electron chi connectivity index (χ4n) is 4.32. The van der Waals surface area contributed by atoms with E-state index in [4.69, 9.17) is 9.47 Å². The topological polar surface area (TPSA) is 67.9 Å². The van der Waals surface area contributed by atoms with Crippen LogP contribution >= 0.6 is 15.9 Å². The van der Waals surface area contributed by atoms with Crippen LogP contribution in [0.15, 0.2) is 77.3 Å². The summed E-state index contributed by atoms with van der Waals surface area (Å²) in [5.74, 6) is 1.06. The lowest BCUT2D eigenvalue weighted by Gasteiger charge is -2.32. The highest BCUT2D eigenvalue weighted by Crippen LogP contribution is 2.28. The smallest absolute Gasteiger partial charge is 0.243 e. The normalized spacial score (nSPS) is 11.5. The first-order valence-corrected chi connectivity index (χ1v) is 13.8. The summed E-state index contributed by atoms with van der Waals surface area (Å²) >= 11 is 3.53. The number of unbranched alkanes of at least 4 members (excludes halogenated alkanes) is 1. The maximum absolute atomic E-state index is 13.8. The van der Waals surface area contributed by atoms with Crippen LogP contribution in [0.4, 0.5) is 0 Å². The van der Waals surface area contributed by atoms with E-state index in [9.17, 15) is 9.59 Å². The van der Waals surface area contributed by atoms with Gasteiger partial charge in [0.1, 0.15) is 6.04 Å². The van der Waals surface area contributed by atoms with E-state index in [0.29, 0.717) is 37.4 Å². The molecule has 0 heterocycles. The Morgan fingerprint density at radius 2 is 1.63 bits per heavy atom. The molecule has 202 valence electrons. The number of nitrogens with zero attached hydrogens (tertiary/aromatic N) is 1. The Bertz CT molecular complexity index is 1190. The molecule has 1 N–H and O–H groups in total. The van der Waals surface area contributed by atoms with Crippen molar-refractivity contribution in [2.75, 3.05) is 20.8 Å². The van der Waals surface area contributed by atoms with E-state index in [1.54, 1.807) is 19.1 Å². The van der Waals surface area contributed by atoms with Gasteiger partial charge in [0.25, 0.3) is 0 Å². The molecule has 0 unspecified atom stereocenters. The molecule has 0 aliphatic rings. The van der Waals surface area contributed by atoms with Crippen LogP contribution in [0.5, 0.6) is 11.5 Å². The van der Waals surface area contributed by atoms with Gasteiger partial charge in [0.2, 0.25) is 11.8 Å². The molecule has 38 heavy (non-hydrogen) atoms. The number of nitrogens with one attached hydrogen (secondary N) is 1. The van der Waals surface area contributed by atoms with Crippen LogP contribution in [-0.2, 0) is 29.0 Å². The van der Waals surface area contributed by atoms with Crippen LogP contribution in [0.3, 0.4) is 0 Å². The number of aryl methyl sites for hydroxylation is 1. The molecule has 6 nitrogen and oxygen atoms in total. The minimum atomic E-state index is -0.633. The van der Waals surface area contributed by atoms with E-state index in [2.05, 4.69) is 28.2 Å². The average Bonchev–Trinajstić information content (AvgIpc) is 2.94. The molecule has 3 aromatic carbocycles. The van der Waals surface area contributed by atoms with Gasteiger partial charge in [-0.3, -0.25) is 9.59 Å². The molecule has 3 rings (SSSR count). The van der Waals surface area contributed by atoms with Crippen molar-refractivity contribution < 1.29 is 19.1 Å². The van der Waals surface area contributed by atoms with Crippen molar-refractivity contribution in [3.63, 3.8) is 0 Å². The monoisotopic (exact) mass is 580 g/mol. The van der Waals surface area contributed by atoms with Gasteiger partial charge in [0, 0.05) is 30.4 Å². The molecule has 0 saturated carbocycles. The first kappa shape index (κ1) is 29.2. The summed E-state index contributed by atoms with van der Waals surface area (Å²) in [6.45, 7) is 3.01. The third-order valence-corrected chi connectivity index (χ3v) is 6.91. The molecule has 0 aromatic heterocycles. The van der Waals surface area contributed by atoms with Gasteiger partial charge < -0.3 is 19.7 Å².